The number of likely N-dealkylation sites (tertiary alicyclic amines) is 1. The molecular weight excluding hydrogens is 368 g/mol. The number of likely N-dealkylation sites (N-methyl/N-ethyl adjacent to an activating group) is 1. The molecule has 1 saturated heterocycles. The first kappa shape index (κ1) is 18.8. The second-order valence-electron chi connectivity index (χ2n) is 9.01. The van der Waals surface area contributed by atoms with Gasteiger partial charge in [0.2, 0.25) is 5.82 Å². The number of rotatable bonds is 4. The fraction of sp³-hybridized carbons (Fsp3) is 0.667. The lowest BCUT2D eigenvalue weighted by Crippen LogP contribution is -2.55. The lowest BCUT2D eigenvalue weighted by Gasteiger charge is -2.42. The molecule has 1 atom stereocenters. The summed E-state index contributed by atoms with van der Waals surface area (Å²) in [7, 11) is 2.17. The van der Waals surface area contributed by atoms with Gasteiger partial charge in [-0.15, -0.1) is 10.2 Å². The largest absolute Gasteiger partial charge is 0.472 e. The zero-order valence-electron chi connectivity index (χ0n) is 17.1. The second-order valence-corrected chi connectivity index (χ2v) is 9.01. The molecular formula is C21H30N6O2. The maximum absolute atomic E-state index is 12.9. The van der Waals surface area contributed by atoms with Crippen molar-refractivity contribution in [2.24, 2.45) is 0 Å². The number of carbonyl (C=O) groups excluding carboxylic acids is 1. The summed E-state index contributed by atoms with van der Waals surface area (Å²) >= 11 is 0. The number of nitrogens with one attached hydrogen (secondary N) is 1. The van der Waals surface area contributed by atoms with Gasteiger partial charge in [0, 0.05) is 37.8 Å². The number of hydrogen-bond acceptors (Lipinski definition) is 6. The Kier molecular flexibility index (Phi) is 4.91. The molecule has 1 amide bonds. The van der Waals surface area contributed by atoms with Crippen molar-refractivity contribution in [1.82, 2.24) is 29.9 Å². The van der Waals surface area contributed by atoms with Crippen LogP contribution in [0.4, 0.5) is 0 Å². The van der Waals surface area contributed by atoms with Crippen LogP contribution in [0.25, 0.3) is 0 Å². The van der Waals surface area contributed by atoms with Crippen molar-refractivity contribution in [1.29, 1.82) is 0 Å². The number of carbonyl (C=O) groups is 1. The summed E-state index contributed by atoms with van der Waals surface area (Å²) in [6, 6.07) is 2.31. The van der Waals surface area contributed by atoms with Crippen LogP contribution in [0.3, 0.4) is 0 Å². The molecule has 0 bridgehead atoms. The minimum Gasteiger partial charge on any atom is -0.472 e. The highest BCUT2D eigenvalue weighted by Crippen LogP contribution is 2.34. The Morgan fingerprint density at radius 2 is 2.14 bits per heavy atom. The predicted molar refractivity (Wildman–Crippen MR) is 107 cm³/mol. The van der Waals surface area contributed by atoms with E-state index in [1.807, 2.05) is 12.3 Å². The van der Waals surface area contributed by atoms with E-state index < -0.39 is 0 Å². The van der Waals surface area contributed by atoms with Gasteiger partial charge in [0.25, 0.3) is 5.91 Å². The summed E-state index contributed by atoms with van der Waals surface area (Å²) in [6.45, 7) is 4.40. The first-order valence-corrected chi connectivity index (χ1v) is 10.8. The van der Waals surface area contributed by atoms with E-state index in [-0.39, 0.29) is 17.5 Å². The lowest BCUT2D eigenvalue weighted by molar-refractivity contribution is 0.0646. The summed E-state index contributed by atoms with van der Waals surface area (Å²) < 4.78 is 7.29. The van der Waals surface area contributed by atoms with E-state index in [9.17, 15) is 4.79 Å². The third-order valence-corrected chi connectivity index (χ3v) is 7.01. The summed E-state index contributed by atoms with van der Waals surface area (Å²) in [6.07, 6.45) is 10.4. The van der Waals surface area contributed by atoms with Crippen LogP contribution < -0.4 is 5.32 Å². The number of amides is 1. The lowest BCUT2D eigenvalue weighted by atomic mass is 9.94. The Morgan fingerprint density at radius 3 is 2.93 bits per heavy atom. The minimum atomic E-state index is -0.0661. The van der Waals surface area contributed by atoms with Gasteiger partial charge in [-0.05, 0) is 32.4 Å². The predicted octanol–water partition coefficient (Wildman–Crippen LogP) is 2.02. The molecule has 156 valence electrons. The van der Waals surface area contributed by atoms with E-state index in [2.05, 4.69) is 36.9 Å². The van der Waals surface area contributed by atoms with Crippen molar-refractivity contribution < 1.29 is 9.21 Å². The van der Waals surface area contributed by atoms with Crippen LogP contribution in [0, 0.1) is 0 Å². The van der Waals surface area contributed by atoms with Crippen LogP contribution in [-0.4, -0.2) is 62.2 Å². The Bertz CT molecular complexity index is 857. The number of fused-ring (bicyclic) bond motifs is 1. The van der Waals surface area contributed by atoms with Gasteiger partial charge >= 0.3 is 0 Å². The molecule has 4 heterocycles. The van der Waals surface area contributed by atoms with Crippen LogP contribution in [-0.2, 0) is 19.6 Å². The number of nitrogens with zero attached hydrogens (tertiary/aromatic N) is 5. The second kappa shape index (κ2) is 7.57. The van der Waals surface area contributed by atoms with E-state index in [1.54, 1.807) is 6.26 Å². The van der Waals surface area contributed by atoms with Gasteiger partial charge < -0.3 is 14.3 Å². The normalized spacial score (nSPS) is 26.1. The van der Waals surface area contributed by atoms with Gasteiger partial charge in [-0.1, -0.05) is 19.3 Å². The Morgan fingerprint density at radius 1 is 1.28 bits per heavy atom. The van der Waals surface area contributed by atoms with Crippen LogP contribution in [0.5, 0.6) is 0 Å². The highest BCUT2D eigenvalue weighted by Gasteiger charge is 2.46. The van der Waals surface area contributed by atoms with Crippen molar-refractivity contribution >= 4 is 5.91 Å². The molecule has 2 aliphatic heterocycles. The fourth-order valence-corrected chi connectivity index (χ4v) is 5.24. The highest BCUT2D eigenvalue weighted by molar-refractivity contribution is 5.91. The molecule has 8 heteroatoms. The molecule has 1 aliphatic carbocycles. The molecule has 3 aliphatic rings. The Hall–Kier alpha value is -2.19. The van der Waals surface area contributed by atoms with E-state index in [4.69, 9.17) is 4.42 Å². The molecule has 1 saturated carbocycles. The summed E-state index contributed by atoms with van der Waals surface area (Å²) in [5.74, 6) is 1.30. The van der Waals surface area contributed by atoms with Gasteiger partial charge in [0.1, 0.15) is 5.82 Å². The van der Waals surface area contributed by atoms with E-state index in [0.29, 0.717) is 5.82 Å². The quantitative estimate of drug-likeness (QED) is 0.849. The van der Waals surface area contributed by atoms with Gasteiger partial charge in [-0.25, -0.2) is 0 Å². The average Bonchev–Trinajstić information content (AvgIpc) is 3.45. The summed E-state index contributed by atoms with van der Waals surface area (Å²) in [5, 5.41) is 11.8. The maximum Gasteiger partial charge on any atom is 0.289 e. The van der Waals surface area contributed by atoms with E-state index in [1.165, 1.54) is 24.8 Å². The van der Waals surface area contributed by atoms with Gasteiger partial charge in [0.05, 0.1) is 24.6 Å². The van der Waals surface area contributed by atoms with Gasteiger partial charge in [-0.2, -0.15) is 0 Å². The highest BCUT2D eigenvalue weighted by atomic mass is 16.3. The van der Waals surface area contributed by atoms with E-state index in [0.717, 1.165) is 57.8 Å². The van der Waals surface area contributed by atoms with Crippen molar-refractivity contribution in [2.75, 3.05) is 20.1 Å². The fourth-order valence-electron chi connectivity index (χ4n) is 5.24. The molecule has 0 radical (unpaired) electrons. The third kappa shape index (κ3) is 3.59. The zero-order chi connectivity index (χ0) is 19.8. The van der Waals surface area contributed by atoms with Crippen LogP contribution in [0.1, 0.15) is 60.5 Å². The molecule has 0 aromatic carbocycles. The smallest absolute Gasteiger partial charge is 0.289 e. The maximum atomic E-state index is 12.9. The van der Waals surface area contributed by atoms with E-state index >= 15 is 0 Å². The first-order valence-electron chi connectivity index (χ1n) is 10.8. The standard InChI is InChI=1S/C21H30N6O2/c1-25-12-18-23-24-19(20(28)22-17-5-3-2-4-6-17)27(18)15-21(25)8-9-26(14-21)11-16-7-10-29-13-16/h7,10,13,17H,2-6,8-9,11-12,14-15H2,1H3,(H,22,28)/t21-/m0/s1. The molecule has 1 N–H and O–H groups in total. The van der Waals surface area contributed by atoms with Gasteiger partial charge in [-0.3, -0.25) is 14.6 Å². The van der Waals surface area contributed by atoms with Crippen molar-refractivity contribution in [3.05, 3.63) is 35.8 Å². The number of hydrogen-bond donors (Lipinski definition) is 1. The van der Waals surface area contributed by atoms with Gasteiger partial charge in [0.15, 0.2) is 0 Å². The SMILES string of the molecule is CN1Cc2nnc(C(=O)NC3CCCCC3)n2C[C@@]12CCN(Cc1ccoc1)C2. The molecule has 2 aromatic rings. The van der Waals surface area contributed by atoms with Crippen molar-refractivity contribution in [3.63, 3.8) is 0 Å². The van der Waals surface area contributed by atoms with Crippen molar-refractivity contribution in [2.45, 2.75) is 69.7 Å². The monoisotopic (exact) mass is 398 g/mol. The zero-order valence-corrected chi connectivity index (χ0v) is 17.1. The van der Waals surface area contributed by atoms with Crippen LogP contribution in [0.15, 0.2) is 23.0 Å². The average molecular weight is 399 g/mol. The topological polar surface area (TPSA) is 79.4 Å². The van der Waals surface area contributed by atoms with Crippen molar-refractivity contribution in [3.8, 4) is 0 Å². The Labute approximate surface area is 171 Å². The summed E-state index contributed by atoms with van der Waals surface area (Å²) in [4.78, 5) is 17.8. The Balaban J connectivity index is 1.31. The number of furan rings is 1. The molecule has 5 rings (SSSR count). The third-order valence-electron chi connectivity index (χ3n) is 7.01. The van der Waals surface area contributed by atoms with Crippen LogP contribution in [0.2, 0.25) is 0 Å². The minimum absolute atomic E-state index is 0.0129. The molecule has 8 nitrogen and oxygen atoms in total. The molecule has 2 aromatic heterocycles. The molecule has 1 spiro atoms. The molecule has 2 fully saturated rings. The molecule has 0 unspecified atom stereocenters. The summed E-state index contributed by atoms with van der Waals surface area (Å²) in [5.41, 5.74) is 1.22. The first-order chi connectivity index (χ1) is 14.1. The van der Waals surface area contributed by atoms with Crippen LogP contribution >= 0.6 is 0 Å². The molecule has 29 heavy (non-hydrogen) atoms. The number of aromatic nitrogens is 3.